The van der Waals surface area contributed by atoms with E-state index in [4.69, 9.17) is 11.0 Å². The number of hydrogen-bond acceptors (Lipinski definition) is 5. The van der Waals surface area contributed by atoms with Gasteiger partial charge in [-0.05, 0) is 25.0 Å². The Hall–Kier alpha value is -2.13. The number of nitriles is 1. The van der Waals surface area contributed by atoms with Gasteiger partial charge in [0, 0.05) is 18.2 Å². The number of anilines is 1. The van der Waals surface area contributed by atoms with Gasteiger partial charge >= 0.3 is 0 Å². The van der Waals surface area contributed by atoms with E-state index in [1.165, 1.54) is 6.07 Å². The third-order valence-electron chi connectivity index (χ3n) is 3.67. The van der Waals surface area contributed by atoms with Crippen molar-refractivity contribution in [3.05, 3.63) is 33.9 Å². The van der Waals surface area contributed by atoms with E-state index in [2.05, 4.69) is 5.32 Å². The maximum absolute atomic E-state index is 11.1. The summed E-state index contributed by atoms with van der Waals surface area (Å²) in [5, 5.41) is 23.1. The smallest absolute Gasteiger partial charge is 0.293 e. The monoisotopic (exact) mass is 260 g/mol. The highest BCUT2D eigenvalue weighted by Gasteiger charge is 2.34. The zero-order valence-corrected chi connectivity index (χ0v) is 10.6. The molecule has 0 atom stereocenters. The fraction of sp³-hybridized carbons (Fsp3) is 0.462. The lowest BCUT2D eigenvalue weighted by molar-refractivity contribution is -0.384. The van der Waals surface area contributed by atoms with Gasteiger partial charge in [-0.1, -0.05) is 12.8 Å². The van der Waals surface area contributed by atoms with Crippen LogP contribution in [0.2, 0.25) is 0 Å². The first kappa shape index (κ1) is 13.3. The van der Waals surface area contributed by atoms with E-state index in [9.17, 15) is 10.1 Å². The second-order valence-corrected chi connectivity index (χ2v) is 4.92. The third-order valence-corrected chi connectivity index (χ3v) is 3.67. The first-order valence-electron chi connectivity index (χ1n) is 6.27. The average molecular weight is 260 g/mol. The zero-order valence-electron chi connectivity index (χ0n) is 10.6. The Morgan fingerprint density at radius 2 is 2.16 bits per heavy atom. The fourth-order valence-electron chi connectivity index (χ4n) is 2.58. The molecule has 0 spiro atoms. The molecule has 0 amide bonds. The standard InChI is InChI=1S/C13H16N4O2/c14-8-10-3-4-11(12(7-10)17(18)19)16-13(9-15)5-1-2-6-13/h3-4,7,16H,1-2,5-6,9,15H2. The van der Waals surface area contributed by atoms with Crippen molar-refractivity contribution in [1.82, 2.24) is 0 Å². The first-order chi connectivity index (χ1) is 9.10. The molecule has 1 fully saturated rings. The van der Waals surface area contributed by atoms with E-state index in [1.807, 2.05) is 6.07 Å². The lowest BCUT2D eigenvalue weighted by Crippen LogP contribution is -2.42. The molecule has 2 rings (SSSR count). The van der Waals surface area contributed by atoms with E-state index in [0.717, 1.165) is 25.7 Å². The van der Waals surface area contributed by atoms with Crippen LogP contribution < -0.4 is 11.1 Å². The lowest BCUT2D eigenvalue weighted by Gasteiger charge is -2.29. The average Bonchev–Trinajstić information content (AvgIpc) is 2.88. The van der Waals surface area contributed by atoms with Gasteiger partial charge in [0.25, 0.3) is 5.69 Å². The minimum absolute atomic E-state index is 0.0706. The van der Waals surface area contributed by atoms with Crippen LogP contribution >= 0.6 is 0 Å². The highest BCUT2D eigenvalue weighted by atomic mass is 16.6. The van der Waals surface area contributed by atoms with E-state index >= 15 is 0 Å². The summed E-state index contributed by atoms with van der Waals surface area (Å²) in [5.74, 6) is 0. The number of rotatable bonds is 4. The molecule has 0 saturated heterocycles. The molecule has 19 heavy (non-hydrogen) atoms. The molecule has 1 aromatic carbocycles. The molecule has 1 aliphatic carbocycles. The number of benzene rings is 1. The normalized spacial score (nSPS) is 16.8. The Morgan fingerprint density at radius 3 is 2.68 bits per heavy atom. The molecule has 1 aromatic rings. The quantitative estimate of drug-likeness (QED) is 0.637. The van der Waals surface area contributed by atoms with Crippen LogP contribution in [0.5, 0.6) is 0 Å². The summed E-state index contributed by atoms with van der Waals surface area (Å²) < 4.78 is 0. The topological polar surface area (TPSA) is 105 Å². The third kappa shape index (κ3) is 2.66. The van der Waals surface area contributed by atoms with Crippen LogP contribution in [0.15, 0.2) is 18.2 Å². The van der Waals surface area contributed by atoms with Gasteiger partial charge in [-0.15, -0.1) is 0 Å². The van der Waals surface area contributed by atoms with Gasteiger partial charge in [-0.25, -0.2) is 0 Å². The predicted molar refractivity (Wildman–Crippen MR) is 71.7 cm³/mol. The molecule has 3 N–H and O–H groups in total. The van der Waals surface area contributed by atoms with Crippen LogP contribution in [-0.2, 0) is 0 Å². The second-order valence-electron chi connectivity index (χ2n) is 4.92. The molecular weight excluding hydrogens is 244 g/mol. The number of nitro groups is 1. The van der Waals surface area contributed by atoms with E-state index in [0.29, 0.717) is 12.2 Å². The van der Waals surface area contributed by atoms with Crippen LogP contribution in [0.25, 0.3) is 0 Å². The molecule has 0 bridgehead atoms. The van der Waals surface area contributed by atoms with Crippen molar-refractivity contribution in [3.63, 3.8) is 0 Å². The minimum Gasteiger partial charge on any atom is -0.373 e. The lowest BCUT2D eigenvalue weighted by atomic mass is 9.97. The van der Waals surface area contributed by atoms with E-state index in [-0.39, 0.29) is 16.8 Å². The summed E-state index contributed by atoms with van der Waals surface area (Å²) in [6.07, 6.45) is 3.99. The van der Waals surface area contributed by atoms with E-state index in [1.54, 1.807) is 12.1 Å². The predicted octanol–water partition coefficient (Wildman–Crippen LogP) is 2.15. The van der Waals surface area contributed by atoms with Crippen molar-refractivity contribution in [3.8, 4) is 6.07 Å². The van der Waals surface area contributed by atoms with Crippen LogP contribution in [0.1, 0.15) is 31.2 Å². The van der Waals surface area contributed by atoms with E-state index < -0.39 is 4.92 Å². The molecule has 100 valence electrons. The Kier molecular flexibility index (Phi) is 3.67. The minimum atomic E-state index is -0.470. The molecule has 6 nitrogen and oxygen atoms in total. The molecule has 0 unspecified atom stereocenters. The van der Waals surface area contributed by atoms with Crippen molar-refractivity contribution in [1.29, 1.82) is 5.26 Å². The fourth-order valence-corrected chi connectivity index (χ4v) is 2.58. The summed E-state index contributed by atoms with van der Waals surface area (Å²) in [7, 11) is 0. The molecule has 0 aromatic heterocycles. The highest BCUT2D eigenvalue weighted by molar-refractivity contribution is 5.65. The SMILES string of the molecule is N#Cc1ccc(NC2(CN)CCCC2)c([N+](=O)[O-])c1. The van der Waals surface area contributed by atoms with Gasteiger partial charge in [-0.2, -0.15) is 5.26 Å². The number of nitrogens with one attached hydrogen (secondary N) is 1. The summed E-state index contributed by atoms with van der Waals surface area (Å²) in [4.78, 5) is 10.6. The van der Waals surface area contributed by atoms with Crippen LogP contribution in [0.3, 0.4) is 0 Å². The van der Waals surface area contributed by atoms with Crippen molar-refractivity contribution < 1.29 is 4.92 Å². The molecule has 1 aliphatic rings. The van der Waals surface area contributed by atoms with Crippen LogP contribution in [0.4, 0.5) is 11.4 Å². The number of nitrogens with zero attached hydrogens (tertiary/aromatic N) is 2. The summed E-state index contributed by atoms with van der Waals surface area (Å²) in [5.41, 5.74) is 6.22. The molecule has 0 heterocycles. The number of nitrogens with two attached hydrogens (primary N) is 1. The van der Waals surface area contributed by atoms with Crippen molar-refractivity contribution >= 4 is 11.4 Å². The van der Waals surface area contributed by atoms with Gasteiger partial charge in [0.05, 0.1) is 16.6 Å². The van der Waals surface area contributed by atoms with Crippen LogP contribution in [0, 0.1) is 21.4 Å². The molecule has 6 heteroatoms. The summed E-state index contributed by atoms with van der Waals surface area (Å²) >= 11 is 0. The molecule has 0 aliphatic heterocycles. The number of hydrogen-bond donors (Lipinski definition) is 2. The van der Waals surface area contributed by atoms with Gasteiger partial charge < -0.3 is 11.1 Å². The second kappa shape index (κ2) is 5.24. The van der Waals surface area contributed by atoms with Crippen LogP contribution in [-0.4, -0.2) is 17.0 Å². The Morgan fingerprint density at radius 1 is 1.47 bits per heavy atom. The maximum Gasteiger partial charge on any atom is 0.293 e. The Balaban J connectivity index is 2.34. The summed E-state index contributed by atoms with van der Waals surface area (Å²) in [6, 6.07) is 6.37. The van der Waals surface area contributed by atoms with Gasteiger partial charge in [-0.3, -0.25) is 10.1 Å². The van der Waals surface area contributed by atoms with Gasteiger partial charge in [0.1, 0.15) is 5.69 Å². The Labute approximate surface area is 111 Å². The van der Waals surface area contributed by atoms with Gasteiger partial charge in [0.15, 0.2) is 0 Å². The maximum atomic E-state index is 11.1. The van der Waals surface area contributed by atoms with Crippen molar-refractivity contribution in [2.75, 3.05) is 11.9 Å². The molecular formula is C13H16N4O2. The Bertz CT molecular complexity index is 530. The van der Waals surface area contributed by atoms with Gasteiger partial charge in [0.2, 0.25) is 0 Å². The molecule has 1 saturated carbocycles. The highest BCUT2D eigenvalue weighted by Crippen LogP contribution is 2.35. The zero-order chi connectivity index (χ0) is 13.9. The number of nitro benzene ring substituents is 1. The van der Waals surface area contributed by atoms with Crippen molar-refractivity contribution in [2.24, 2.45) is 5.73 Å². The van der Waals surface area contributed by atoms with Crippen molar-refractivity contribution in [2.45, 2.75) is 31.2 Å². The molecule has 0 radical (unpaired) electrons. The summed E-state index contributed by atoms with van der Waals surface area (Å²) in [6.45, 7) is 0.449. The largest absolute Gasteiger partial charge is 0.373 e. The first-order valence-corrected chi connectivity index (χ1v) is 6.27.